The molecule has 6 nitrogen and oxygen atoms in total. The van der Waals surface area contributed by atoms with Crippen LogP contribution in [-0.2, 0) is 0 Å². The Hall–Kier alpha value is -2.48. The lowest BCUT2D eigenvalue weighted by Crippen LogP contribution is -2.26. The second-order valence-electron chi connectivity index (χ2n) is 4.01. The van der Waals surface area contributed by atoms with Gasteiger partial charge in [-0.15, -0.1) is 0 Å². The molecule has 1 aromatic heterocycles. The summed E-state index contributed by atoms with van der Waals surface area (Å²) in [5.74, 6) is -0.956. The van der Waals surface area contributed by atoms with Gasteiger partial charge >= 0.3 is 6.09 Å². The van der Waals surface area contributed by atoms with Crippen molar-refractivity contribution in [2.75, 3.05) is 10.6 Å². The van der Waals surface area contributed by atoms with Gasteiger partial charge in [-0.2, -0.15) is 0 Å². The standard InChI is InChI=1S/C13H9BrFN3O3/c14-8-1-2-11(10(16)4-8)18(13(20)21)12-7(6-19)3-9(15)5-17-12/h1-6H,16H2,(H,20,21). The van der Waals surface area contributed by atoms with E-state index in [2.05, 4.69) is 20.9 Å². The molecule has 8 heteroatoms. The van der Waals surface area contributed by atoms with Gasteiger partial charge in [0.25, 0.3) is 0 Å². The summed E-state index contributed by atoms with van der Waals surface area (Å²) in [7, 11) is 0. The molecule has 0 radical (unpaired) electrons. The van der Waals surface area contributed by atoms with Crippen molar-refractivity contribution < 1.29 is 19.1 Å². The molecule has 0 spiro atoms. The van der Waals surface area contributed by atoms with E-state index < -0.39 is 11.9 Å². The van der Waals surface area contributed by atoms with Crippen LogP contribution in [-0.4, -0.2) is 22.5 Å². The number of anilines is 3. The predicted molar refractivity (Wildman–Crippen MR) is 78.3 cm³/mol. The quantitative estimate of drug-likeness (QED) is 0.652. The molecule has 2 aromatic rings. The van der Waals surface area contributed by atoms with E-state index in [4.69, 9.17) is 5.73 Å². The molecule has 0 saturated carbocycles. The average Bonchev–Trinajstić information content (AvgIpc) is 2.42. The fourth-order valence-corrected chi connectivity index (χ4v) is 2.14. The van der Waals surface area contributed by atoms with Crippen molar-refractivity contribution in [3.8, 4) is 0 Å². The van der Waals surface area contributed by atoms with Crippen LogP contribution in [0.25, 0.3) is 0 Å². The molecule has 3 N–H and O–H groups in total. The minimum atomic E-state index is -1.40. The third-order valence-electron chi connectivity index (χ3n) is 2.62. The van der Waals surface area contributed by atoms with Crippen LogP contribution in [0, 0.1) is 5.82 Å². The van der Waals surface area contributed by atoms with Crippen LogP contribution in [0.5, 0.6) is 0 Å². The van der Waals surface area contributed by atoms with E-state index in [1.165, 1.54) is 12.1 Å². The number of hydrogen-bond donors (Lipinski definition) is 2. The second kappa shape index (κ2) is 5.88. The Morgan fingerprint density at radius 2 is 2.14 bits per heavy atom. The third-order valence-corrected chi connectivity index (χ3v) is 3.12. The number of aldehydes is 1. The van der Waals surface area contributed by atoms with E-state index in [1.807, 2.05) is 0 Å². The number of carbonyl (C=O) groups excluding carboxylic acids is 1. The maximum Gasteiger partial charge on any atom is 0.417 e. The van der Waals surface area contributed by atoms with E-state index in [-0.39, 0.29) is 22.8 Å². The molecule has 0 aliphatic rings. The van der Waals surface area contributed by atoms with Gasteiger partial charge in [-0.3, -0.25) is 4.79 Å². The summed E-state index contributed by atoms with van der Waals surface area (Å²) in [6, 6.07) is 5.45. The Labute approximate surface area is 127 Å². The van der Waals surface area contributed by atoms with Gasteiger partial charge in [0, 0.05) is 4.47 Å². The molecule has 0 aliphatic heterocycles. The Morgan fingerprint density at radius 3 is 2.71 bits per heavy atom. The highest BCUT2D eigenvalue weighted by Gasteiger charge is 2.23. The van der Waals surface area contributed by atoms with Crippen molar-refractivity contribution in [3.05, 3.63) is 46.3 Å². The van der Waals surface area contributed by atoms with Gasteiger partial charge in [-0.1, -0.05) is 15.9 Å². The Morgan fingerprint density at radius 1 is 1.43 bits per heavy atom. The first kappa shape index (κ1) is 14.9. The zero-order chi connectivity index (χ0) is 15.6. The molecule has 0 bridgehead atoms. The minimum absolute atomic E-state index is 0.118. The lowest BCUT2D eigenvalue weighted by atomic mass is 10.2. The molecular weight excluding hydrogens is 345 g/mol. The highest BCUT2D eigenvalue weighted by atomic mass is 79.9. The number of carbonyl (C=O) groups is 2. The summed E-state index contributed by atoms with van der Waals surface area (Å²) < 4.78 is 13.8. The molecule has 0 saturated heterocycles. The van der Waals surface area contributed by atoms with E-state index in [9.17, 15) is 19.1 Å². The van der Waals surface area contributed by atoms with Crippen LogP contribution < -0.4 is 10.6 Å². The molecule has 0 fully saturated rings. The van der Waals surface area contributed by atoms with Crippen LogP contribution in [0.15, 0.2) is 34.9 Å². The van der Waals surface area contributed by atoms with Crippen molar-refractivity contribution in [1.82, 2.24) is 4.98 Å². The summed E-state index contributed by atoms with van der Waals surface area (Å²) in [4.78, 5) is 26.9. The number of pyridine rings is 1. The fourth-order valence-electron chi connectivity index (χ4n) is 1.76. The number of nitrogen functional groups attached to an aromatic ring is 1. The summed E-state index contributed by atoms with van der Waals surface area (Å²) >= 11 is 3.21. The summed E-state index contributed by atoms with van der Waals surface area (Å²) in [6.07, 6.45) is -0.241. The summed E-state index contributed by atoms with van der Waals surface area (Å²) in [5.41, 5.74) is 5.88. The largest absolute Gasteiger partial charge is 0.464 e. The van der Waals surface area contributed by atoms with Crippen LogP contribution in [0.2, 0.25) is 0 Å². The highest BCUT2D eigenvalue weighted by Crippen LogP contribution is 2.33. The molecule has 0 unspecified atom stereocenters. The van der Waals surface area contributed by atoms with Crippen molar-refractivity contribution in [2.24, 2.45) is 0 Å². The summed E-state index contributed by atoms with van der Waals surface area (Å²) in [5, 5.41) is 9.37. The van der Waals surface area contributed by atoms with Gasteiger partial charge in [0.15, 0.2) is 12.1 Å². The molecule has 2 rings (SSSR count). The number of carboxylic acid groups (broad SMARTS) is 1. The highest BCUT2D eigenvalue weighted by molar-refractivity contribution is 9.10. The average molecular weight is 354 g/mol. The number of rotatable bonds is 3. The monoisotopic (exact) mass is 353 g/mol. The lowest BCUT2D eigenvalue weighted by molar-refractivity contribution is 0.112. The maximum atomic E-state index is 13.1. The van der Waals surface area contributed by atoms with Gasteiger partial charge in [0.2, 0.25) is 0 Å². The minimum Gasteiger partial charge on any atom is -0.464 e. The van der Waals surface area contributed by atoms with Gasteiger partial charge in [0.05, 0.1) is 23.1 Å². The third kappa shape index (κ3) is 3.00. The molecule has 0 atom stereocenters. The maximum absolute atomic E-state index is 13.1. The first-order chi connectivity index (χ1) is 9.93. The van der Waals surface area contributed by atoms with Gasteiger partial charge in [0.1, 0.15) is 5.82 Å². The SMILES string of the molecule is Nc1cc(Br)ccc1N(C(=O)O)c1ncc(F)cc1C=O. The predicted octanol–water partition coefficient (Wildman–Crippen LogP) is 3.19. The van der Waals surface area contributed by atoms with Crippen LogP contribution in [0.4, 0.5) is 26.4 Å². The van der Waals surface area contributed by atoms with Gasteiger partial charge < -0.3 is 10.8 Å². The Kier molecular flexibility index (Phi) is 4.18. The zero-order valence-corrected chi connectivity index (χ0v) is 12.0. The van der Waals surface area contributed by atoms with E-state index in [0.29, 0.717) is 10.8 Å². The zero-order valence-electron chi connectivity index (χ0n) is 10.5. The van der Waals surface area contributed by atoms with E-state index >= 15 is 0 Å². The molecule has 108 valence electrons. The number of halogens is 2. The normalized spacial score (nSPS) is 10.2. The topological polar surface area (TPSA) is 96.5 Å². The number of hydrogen-bond acceptors (Lipinski definition) is 4. The number of nitrogens with two attached hydrogens (primary N) is 1. The van der Waals surface area contributed by atoms with Crippen LogP contribution in [0.3, 0.4) is 0 Å². The molecule has 1 amide bonds. The Balaban J connectivity index is 2.64. The van der Waals surface area contributed by atoms with E-state index in [1.54, 1.807) is 6.07 Å². The van der Waals surface area contributed by atoms with Crippen molar-refractivity contribution >= 4 is 45.5 Å². The van der Waals surface area contributed by atoms with Crippen LogP contribution >= 0.6 is 15.9 Å². The van der Waals surface area contributed by atoms with Crippen LogP contribution in [0.1, 0.15) is 10.4 Å². The van der Waals surface area contributed by atoms with Gasteiger partial charge in [-0.05, 0) is 24.3 Å². The molecule has 0 aliphatic carbocycles. The second-order valence-corrected chi connectivity index (χ2v) is 4.92. The summed E-state index contributed by atoms with van der Waals surface area (Å²) in [6.45, 7) is 0. The number of amides is 1. The Bertz CT molecular complexity index is 724. The molecule has 1 heterocycles. The first-order valence-corrected chi connectivity index (χ1v) is 6.42. The number of aromatic nitrogens is 1. The smallest absolute Gasteiger partial charge is 0.417 e. The molecule has 21 heavy (non-hydrogen) atoms. The van der Waals surface area contributed by atoms with Gasteiger partial charge in [-0.25, -0.2) is 19.1 Å². The van der Waals surface area contributed by atoms with Crippen molar-refractivity contribution in [3.63, 3.8) is 0 Å². The number of nitrogens with zero attached hydrogens (tertiary/aromatic N) is 2. The van der Waals surface area contributed by atoms with Crippen molar-refractivity contribution in [2.45, 2.75) is 0 Å². The first-order valence-electron chi connectivity index (χ1n) is 5.63. The van der Waals surface area contributed by atoms with Crippen molar-refractivity contribution in [1.29, 1.82) is 0 Å². The molecule has 1 aromatic carbocycles. The number of benzene rings is 1. The fraction of sp³-hybridized carbons (Fsp3) is 0. The van der Waals surface area contributed by atoms with E-state index in [0.717, 1.165) is 17.2 Å². The lowest BCUT2D eigenvalue weighted by Gasteiger charge is -2.21. The molecular formula is C13H9BrFN3O3.